The number of hydrazone groups is 1. The van der Waals surface area contributed by atoms with Gasteiger partial charge in [0, 0.05) is 12.7 Å². The van der Waals surface area contributed by atoms with Gasteiger partial charge >= 0.3 is 0 Å². The fourth-order valence-electron chi connectivity index (χ4n) is 1.96. The molecule has 114 valence electrons. The minimum atomic E-state index is 0.578. The monoisotopic (exact) mass is 294 g/mol. The van der Waals surface area contributed by atoms with Crippen LogP contribution >= 0.6 is 0 Å². The second-order valence-corrected chi connectivity index (χ2v) is 4.93. The van der Waals surface area contributed by atoms with Gasteiger partial charge in [0.25, 0.3) is 0 Å². The number of hydrogen-bond donors (Lipinski definition) is 0. The molecule has 0 saturated carbocycles. The Hall–Kier alpha value is -2.55. The van der Waals surface area contributed by atoms with Gasteiger partial charge in [-0.3, -0.25) is 5.01 Å². The van der Waals surface area contributed by atoms with E-state index in [1.807, 2.05) is 53.7 Å². The maximum Gasteiger partial charge on any atom is 0.119 e. The lowest BCUT2D eigenvalue weighted by Gasteiger charge is -2.11. The molecule has 0 aliphatic rings. The molecule has 0 heterocycles. The van der Waals surface area contributed by atoms with Crippen molar-refractivity contribution in [2.45, 2.75) is 20.0 Å². The average molecular weight is 294 g/mol. The van der Waals surface area contributed by atoms with Gasteiger partial charge in [0.05, 0.1) is 6.21 Å². The maximum atomic E-state index is 5.76. The molecule has 3 heteroatoms. The Kier molecular flexibility index (Phi) is 6.24. The molecule has 0 saturated heterocycles. The third kappa shape index (κ3) is 5.09. The molecule has 2 rings (SSSR count). The molecule has 0 fully saturated rings. The number of rotatable bonds is 8. The van der Waals surface area contributed by atoms with Crippen LogP contribution in [0.15, 0.2) is 72.5 Å². The van der Waals surface area contributed by atoms with E-state index in [-0.39, 0.29) is 0 Å². The molecule has 0 bridgehead atoms. The molecular formula is C19H22N2O. The van der Waals surface area contributed by atoms with Crippen molar-refractivity contribution in [3.05, 3.63) is 78.5 Å². The normalized spacial score (nSPS) is 10.6. The molecule has 0 spiro atoms. The molecule has 0 atom stereocenters. The van der Waals surface area contributed by atoms with Gasteiger partial charge in [-0.2, -0.15) is 5.10 Å². The smallest absolute Gasteiger partial charge is 0.119 e. The molecule has 2 aromatic rings. The molecule has 22 heavy (non-hydrogen) atoms. The van der Waals surface area contributed by atoms with E-state index in [4.69, 9.17) is 4.74 Å². The predicted molar refractivity (Wildman–Crippen MR) is 92.0 cm³/mol. The summed E-state index contributed by atoms with van der Waals surface area (Å²) in [7, 11) is 0. The van der Waals surface area contributed by atoms with E-state index in [9.17, 15) is 0 Å². The third-order valence-electron chi connectivity index (χ3n) is 3.15. The van der Waals surface area contributed by atoms with E-state index >= 15 is 0 Å². The maximum absolute atomic E-state index is 5.76. The highest BCUT2D eigenvalue weighted by Crippen LogP contribution is 2.13. The van der Waals surface area contributed by atoms with Gasteiger partial charge in [0.2, 0.25) is 0 Å². The molecule has 2 aromatic carbocycles. The van der Waals surface area contributed by atoms with Gasteiger partial charge < -0.3 is 4.74 Å². The Morgan fingerprint density at radius 3 is 2.45 bits per heavy atom. The molecule has 0 aromatic heterocycles. The third-order valence-corrected chi connectivity index (χ3v) is 3.15. The van der Waals surface area contributed by atoms with Gasteiger partial charge in [-0.1, -0.05) is 43.8 Å². The Labute approximate surface area is 132 Å². The fourth-order valence-corrected chi connectivity index (χ4v) is 1.96. The molecule has 0 unspecified atom stereocenters. The lowest BCUT2D eigenvalue weighted by Crippen LogP contribution is -2.10. The lowest BCUT2D eigenvalue weighted by molar-refractivity contribution is 0.306. The standard InChI is InChI=1S/C19H22N2O/c1-3-14-21(4-2)20-15-17-10-12-19(13-11-17)22-16-18-8-6-5-7-9-18/h4-13,15H,2-3,14,16H2,1H3. The van der Waals surface area contributed by atoms with Crippen molar-refractivity contribution in [2.75, 3.05) is 6.54 Å². The molecular weight excluding hydrogens is 272 g/mol. The highest BCUT2D eigenvalue weighted by Gasteiger charge is 1.97. The van der Waals surface area contributed by atoms with Crippen molar-refractivity contribution in [2.24, 2.45) is 5.10 Å². The summed E-state index contributed by atoms with van der Waals surface area (Å²) in [5, 5.41) is 6.21. The molecule has 0 radical (unpaired) electrons. The summed E-state index contributed by atoms with van der Waals surface area (Å²) >= 11 is 0. The lowest BCUT2D eigenvalue weighted by atomic mass is 10.2. The molecule has 0 aliphatic carbocycles. The SMILES string of the molecule is C=CN(CCC)N=Cc1ccc(OCc2ccccc2)cc1. The van der Waals surface area contributed by atoms with Gasteiger partial charge in [-0.25, -0.2) is 0 Å². The highest BCUT2D eigenvalue weighted by atomic mass is 16.5. The summed E-state index contributed by atoms with van der Waals surface area (Å²) in [6.45, 7) is 7.32. The van der Waals surface area contributed by atoms with Crippen LogP contribution in [0.1, 0.15) is 24.5 Å². The molecule has 0 amide bonds. The van der Waals surface area contributed by atoms with Crippen molar-refractivity contribution < 1.29 is 4.74 Å². The topological polar surface area (TPSA) is 24.8 Å². The van der Waals surface area contributed by atoms with Gasteiger partial charge in [-0.15, -0.1) is 0 Å². The zero-order chi connectivity index (χ0) is 15.6. The van der Waals surface area contributed by atoms with Crippen molar-refractivity contribution in [3.8, 4) is 5.75 Å². The highest BCUT2D eigenvalue weighted by molar-refractivity contribution is 5.79. The first kappa shape index (κ1) is 15.8. The Balaban J connectivity index is 1.90. The fraction of sp³-hybridized carbons (Fsp3) is 0.211. The zero-order valence-electron chi connectivity index (χ0n) is 13.0. The summed E-state index contributed by atoms with van der Waals surface area (Å²) < 4.78 is 5.76. The number of benzene rings is 2. The summed E-state index contributed by atoms with van der Waals surface area (Å²) in [6, 6.07) is 18.1. The molecule has 0 N–H and O–H groups in total. The van der Waals surface area contributed by atoms with E-state index in [0.717, 1.165) is 29.8 Å². The second kappa shape index (κ2) is 8.67. The Bertz CT molecular complexity index is 591. The Morgan fingerprint density at radius 1 is 1.09 bits per heavy atom. The summed E-state index contributed by atoms with van der Waals surface area (Å²) in [5.74, 6) is 0.857. The van der Waals surface area contributed by atoms with Crippen LogP contribution in [0.5, 0.6) is 5.75 Å². The van der Waals surface area contributed by atoms with E-state index < -0.39 is 0 Å². The van der Waals surface area contributed by atoms with E-state index in [1.165, 1.54) is 0 Å². The van der Waals surface area contributed by atoms with Crippen molar-refractivity contribution in [1.29, 1.82) is 0 Å². The predicted octanol–water partition coefficient (Wildman–Crippen LogP) is 4.46. The van der Waals surface area contributed by atoms with Crippen LogP contribution in [-0.4, -0.2) is 17.8 Å². The van der Waals surface area contributed by atoms with Crippen LogP contribution in [0, 0.1) is 0 Å². The van der Waals surface area contributed by atoms with E-state index in [0.29, 0.717) is 6.61 Å². The van der Waals surface area contributed by atoms with Crippen molar-refractivity contribution in [3.63, 3.8) is 0 Å². The largest absolute Gasteiger partial charge is 0.489 e. The number of ether oxygens (including phenoxy) is 1. The van der Waals surface area contributed by atoms with Gasteiger partial charge in [0.1, 0.15) is 12.4 Å². The first-order chi connectivity index (χ1) is 10.8. The van der Waals surface area contributed by atoms with Crippen LogP contribution in [0.4, 0.5) is 0 Å². The van der Waals surface area contributed by atoms with Crippen LogP contribution < -0.4 is 4.74 Å². The van der Waals surface area contributed by atoms with Gasteiger partial charge in [-0.05, 0) is 41.8 Å². The minimum Gasteiger partial charge on any atom is -0.489 e. The van der Waals surface area contributed by atoms with Crippen LogP contribution in [-0.2, 0) is 6.61 Å². The quantitative estimate of drug-likeness (QED) is 0.530. The van der Waals surface area contributed by atoms with Crippen LogP contribution in [0.2, 0.25) is 0 Å². The van der Waals surface area contributed by atoms with Crippen molar-refractivity contribution in [1.82, 2.24) is 5.01 Å². The molecule has 0 aliphatic heterocycles. The average Bonchev–Trinajstić information content (AvgIpc) is 2.58. The van der Waals surface area contributed by atoms with E-state index in [1.54, 1.807) is 6.20 Å². The summed E-state index contributed by atoms with van der Waals surface area (Å²) in [5.41, 5.74) is 2.20. The number of nitrogens with zero attached hydrogens (tertiary/aromatic N) is 2. The Morgan fingerprint density at radius 2 is 1.82 bits per heavy atom. The van der Waals surface area contributed by atoms with Crippen LogP contribution in [0.3, 0.4) is 0 Å². The summed E-state index contributed by atoms with van der Waals surface area (Å²) in [6.07, 6.45) is 4.60. The van der Waals surface area contributed by atoms with Crippen LogP contribution in [0.25, 0.3) is 0 Å². The second-order valence-electron chi connectivity index (χ2n) is 4.93. The van der Waals surface area contributed by atoms with E-state index in [2.05, 4.69) is 30.7 Å². The zero-order valence-corrected chi connectivity index (χ0v) is 13.0. The minimum absolute atomic E-state index is 0.578. The molecule has 3 nitrogen and oxygen atoms in total. The first-order valence-corrected chi connectivity index (χ1v) is 7.52. The first-order valence-electron chi connectivity index (χ1n) is 7.52. The number of hydrogen-bond acceptors (Lipinski definition) is 3. The van der Waals surface area contributed by atoms with Crippen molar-refractivity contribution >= 4 is 6.21 Å². The summed E-state index contributed by atoms with van der Waals surface area (Å²) in [4.78, 5) is 0. The van der Waals surface area contributed by atoms with Gasteiger partial charge in [0.15, 0.2) is 0 Å².